The number of piperidine rings is 2. The van der Waals surface area contributed by atoms with E-state index in [0.717, 1.165) is 29.5 Å². The first-order valence-electron chi connectivity index (χ1n) is 19.4. The summed E-state index contributed by atoms with van der Waals surface area (Å²) >= 11 is 0. The van der Waals surface area contributed by atoms with Crippen LogP contribution in [0.1, 0.15) is 77.5 Å². The highest BCUT2D eigenvalue weighted by Gasteiger charge is 2.30. The Hall–Kier alpha value is -6.18. The van der Waals surface area contributed by atoms with Crippen LogP contribution in [-0.2, 0) is 20.9 Å². The third kappa shape index (κ3) is 7.68. The number of aromatic nitrogens is 4. The maximum absolute atomic E-state index is 16.5. The van der Waals surface area contributed by atoms with E-state index >= 15 is 8.78 Å². The molecular weight excluding hydrogens is 731 g/mol. The number of amides is 4. The average molecular weight is 775 g/mol. The zero-order valence-electron chi connectivity index (χ0n) is 31.9. The van der Waals surface area contributed by atoms with Gasteiger partial charge >= 0.3 is 0 Å². The summed E-state index contributed by atoms with van der Waals surface area (Å²) in [6.45, 7) is 2.51. The van der Waals surface area contributed by atoms with Crippen molar-refractivity contribution in [2.24, 2.45) is 0 Å². The van der Waals surface area contributed by atoms with Gasteiger partial charge in [0.1, 0.15) is 11.5 Å². The van der Waals surface area contributed by atoms with Gasteiger partial charge in [-0.25, -0.2) is 8.78 Å². The maximum atomic E-state index is 16.5. The molecule has 5 heterocycles. The monoisotopic (exact) mass is 774 g/mol. The predicted octanol–water partition coefficient (Wildman–Crippen LogP) is 6.02. The Morgan fingerprint density at radius 1 is 0.930 bits per heavy atom. The summed E-state index contributed by atoms with van der Waals surface area (Å²) < 4.78 is 33.6. The standard InChI is InChI=1S/C43H44F2N8O4/c1-50(2)43(57)36-24-34-32(23-33(40(45)41(34)47-36)30-4-3-17-52(25-30)39(55)15-20-53-21-16-46-49-53)28-7-5-26(6-8-28)27-13-18-51(19-14-27)37-11-9-29(22-35(37)44)31-10-12-38(54)48-42(31)56/h4-9,11,16,21-24,27,31,47H,3,10,12-15,17-20,25H2,1-2H3,(H,48,54,56)/t31-/m0/s1. The lowest BCUT2D eigenvalue weighted by atomic mass is 9.87. The Labute approximate surface area is 328 Å². The van der Waals surface area contributed by atoms with E-state index in [1.54, 1.807) is 54.3 Å². The SMILES string of the molecule is CN(C)C(=O)c1cc2c(-c3ccc(C4CCN(c5ccc([C@@H]6CCC(=O)NC6=O)cc5F)CC4)cc3)cc(C3=CCCN(C(=O)CCn4ccnn4)C3)c(F)c2[nH]1. The Morgan fingerprint density at radius 3 is 2.40 bits per heavy atom. The quantitative estimate of drug-likeness (QED) is 0.175. The van der Waals surface area contributed by atoms with Gasteiger partial charge in [-0.2, -0.15) is 0 Å². The van der Waals surface area contributed by atoms with Crippen molar-refractivity contribution in [2.45, 2.75) is 56.9 Å². The molecule has 0 aliphatic carbocycles. The molecule has 3 aromatic carbocycles. The number of benzene rings is 3. The second kappa shape index (κ2) is 15.8. The van der Waals surface area contributed by atoms with Crippen molar-refractivity contribution < 1.29 is 28.0 Å². The molecule has 4 amide bonds. The molecule has 2 saturated heterocycles. The highest BCUT2D eigenvalue weighted by Crippen LogP contribution is 2.39. The lowest BCUT2D eigenvalue weighted by molar-refractivity contribution is -0.134. The molecule has 12 nitrogen and oxygen atoms in total. The maximum Gasteiger partial charge on any atom is 0.269 e. The number of halogens is 2. The van der Waals surface area contributed by atoms with Crippen molar-refractivity contribution in [3.05, 3.63) is 107 Å². The van der Waals surface area contributed by atoms with Crippen LogP contribution in [0.5, 0.6) is 0 Å². The second-order valence-corrected chi connectivity index (χ2v) is 15.3. The second-order valence-electron chi connectivity index (χ2n) is 15.3. The molecule has 5 aromatic rings. The van der Waals surface area contributed by atoms with Gasteiger partial charge < -0.3 is 19.7 Å². The number of H-pyrrole nitrogens is 1. The molecule has 0 radical (unpaired) electrons. The predicted molar refractivity (Wildman–Crippen MR) is 211 cm³/mol. The van der Waals surface area contributed by atoms with Gasteiger partial charge in [0.15, 0.2) is 5.82 Å². The number of nitrogens with zero attached hydrogens (tertiary/aromatic N) is 6. The molecule has 0 spiro atoms. The van der Waals surface area contributed by atoms with Crippen LogP contribution in [0, 0.1) is 11.6 Å². The molecule has 0 bridgehead atoms. The molecule has 2 fully saturated rings. The summed E-state index contributed by atoms with van der Waals surface area (Å²) in [7, 11) is 3.30. The Bertz CT molecular complexity index is 2380. The number of hydrogen-bond acceptors (Lipinski definition) is 7. The van der Waals surface area contributed by atoms with Crippen LogP contribution in [0.25, 0.3) is 27.6 Å². The first kappa shape index (κ1) is 37.7. The van der Waals surface area contributed by atoms with Crippen molar-refractivity contribution in [3.8, 4) is 11.1 Å². The van der Waals surface area contributed by atoms with E-state index < -0.39 is 11.7 Å². The number of anilines is 1. The summed E-state index contributed by atoms with van der Waals surface area (Å²) in [5.41, 5.74) is 5.45. The van der Waals surface area contributed by atoms with Gasteiger partial charge in [-0.05, 0) is 83.7 Å². The summed E-state index contributed by atoms with van der Waals surface area (Å²) in [4.78, 5) is 58.4. The molecular formula is C43H44F2N8O4. The first-order chi connectivity index (χ1) is 27.5. The number of aromatic amines is 1. The molecule has 8 rings (SSSR count). The molecule has 3 aliphatic heterocycles. The number of carbonyl (C=O) groups excluding carboxylic acids is 4. The van der Waals surface area contributed by atoms with Crippen LogP contribution >= 0.6 is 0 Å². The minimum Gasteiger partial charge on any atom is -0.369 e. The average Bonchev–Trinajstić information content (AvgIpc) is 3.92. The fraction of sp³-hybridized carbons (Fsp3) is 0.349. The largest absolute Gasteiger partial charge is 0.369 e. The molecule has 3 aliphatic rings. The van der Waals surface area contributed by atoms with E-state index in [9.17, 15) is 19.2 Å². The van der Waals surface area contributed by atoms with Gasteiger partial charge in [-0.3, -0.25) is 29.2 Å². The van der Waals surface area contributed by atoms with Gasteiger partial charge in [0.25, 0.3) is 5.91 Å². The van der Waals surface area contributed by atoms with E-state index in [2.05, 4.69) is 32.7 Å². The third-order valence-corrected chi connectivity index (χ3v) is 11.5. The van der Waals surface area contributed by atoms with Gasteiger partial charge in [0.2, 0.25) is 17.7 Å². The number of imide groups is 1. The van der Waals surface area contributed by atoms with E-state index in [-0.39, 0.29) is 66.0 Å². The normalized spacial score (nSPS) is 17.8. The summed E-state index contributed by atoms with van der Waals surface area (Å²) in [6.07, 6.45) is 8.33. The van der Waals surface area contributed by atoms with Crippen molar-refractivity contribution in [2.75, 3.05) is 45.2 Å². The van der Waals surface area contributed by atoms with Crippen LogP contribution < -0.4 is 10.2 Å². The van der Waals surface area contributed by atoms with Crippen LogP contribution in [-0.4, -0.2) is 93.7 Å². The molecule has 294 valence electrons. The Balaban J connectivity index is 1.01. The highest BCUT2D eigenvalue weighted by molar-refractivity contribution is 6.04. The number of aryl methyl sites for hydroxylation is 1. The van der Waals surface area contributed by atoms with E-state index in [4.69, 9.17) is 0 Å². The number of nitrogens with one attached hydrogen (secondary N) is 2. The zero-order chi connectivity index (χ0) is 39.8. The Morgan fingerprint density at radius 2 is 1.70 bits per heavy atom. The molecule has 1 atom stereocenters. The summed E-state index contributed by atoms with van der Waals surface area (Å²) in [5.74, 6) is -2.14. The van der Waals surface area contributed by atoms with E-state index in [0.29, 0.717) is 66.8 Å². The Kier molecular flexibility index (Phi) is 10.4. The summed E-state index contributed by atoms with van der Waals surface area (Å²) in [6, 6.07) is 16.7. The zero-order valence-corrected chi connectivity index (χ0v) is 31.9. The number of fused-ring (bicyclic) bond motifs is 1. The van der Waals surface area contributed by atoms with E-state index in [1.165, 1.54) is 11.0 Å². The van der Waals surface area contributed by atoms with Gasteiger partial charge in [0, 0.05) is 70.3 Å². The first-order valence-corrected chi connectivity index (χ1v) is 19.4. The smallest absolute Gasteiger partial charge is 0.269 e. The van der Waals surface area contributed by atoms with Crippen molar-refractivity contribution in [1.82, 2.24) is 35.1 Å². The number of rotatable bonds is 9. The van der Waals surface area contributed by atoms with Crippen LogP contribution in [0.15, 0.2) is 73.1 Å². The fourth-order valence-corrected chi connectivity index (χ4v) is 8.36. The lowest BCUT2D eigenvalue weighted by Gasteiger charge is -2.34. The van der Waals surface area contributed by atoms with Crippen LogP contribution in [0.4, 0.5) is 14.5 Å². The highest BCUT2D eigenvalue weighted by atomic mass is 19.1. The molecule has 0 saturated carbocycles. The number of carbonyl (C=O) groups is 4. The molecule has 14 heteroatoms. The topological polar surface area (TPSA) is 137 Å². The van der Waals surface area contributed by atoms with Gasteiger partial charge in [-0.1, -0.05) is 41.6 Å². The van der Waals surface area contributed by atoms with Gasteiger partial charge in [-0.15, -0.1) is 5.10 Å². The molecule has 57 heavy (non-hydrogen) atoms. The molecule has 2 aromatic heterocycles. The third-order valence-electron chi connectivity index (χ3n) is 11.5. The summed E-state index contributed by atoms with van der Waals surface area (Å²) in [5, 5.41) is 10.7. The minimum atomic E-state index is -0.537. The van der Waals surface area contributed by atoms with E-state index in [1.807, 2.05) is 29.2 Å². The lowest BCUT2D eigenvalue weighted by Crippen LogP contribution is -2.39. The van der Waals surface area contributed by atoms with Crippen molar-refractivity contribution in [1.29, 1.82) is 0 Å². The van der Waals surface area contributed by atoms with Crippen LogP contribution in [0.2, 0.25) is 0 Å². The number of hydrogen-bond donors (Lipinski definition) is 2. The van der Waals surface area contributed by atoms with Gasteiger partial charge in [0.05, 0.1) is 29.9 Å². The molecule has 0 unspecified atom stereocenters. The minimum absolute atomic E-state index is 0.0502. The molecule has 2 N–H and O–H groups in total. The van der Waals surface area contributed by atoms with Crippen molar-refractivity contribution >= 4 is 45.8 Å². The van der Waals surface area contributed by atoms with Crippen molar-refractivity contribution in [3.63, 3.8) is 0 Å². The van der Waals surface area contributed by atoms with Crippen LogP contribution in [0.3, 0.4) is 0 Å². The fourth-order valence-electron chi connectivity index (χ4n) is 8.36.